The summed E-state index contributed by atoms with van der Waals surface area (Å²) in [4.78, 5) is 32.8. The predicted octanol–water partition coefficient (Wildman–Crippen LogP) is 4.41. The van der Waals surface area contributed by atoms with Crippen molar-refractivity contribution in [2.75, 3.05) is 0 Å². The molecule has 0 fully saturated rings. The van der Waals surface area contributed by atoms with E-state index in [2.05, 4.69) is 31.1 Å². The Morgan fingerprint density at radius 1 is 0.938 bits per heavy atom. The molecule has 0 bridgehead atoms. The Balaban J connectivity index is 1.46. The highest BCUT2D eigenvalue weighted by Crippen LogP contribution is 2.24. The molecule has 0 unspecified atom stereocenters. The average Bonchev–Trinajstić information content (AvgIpc) is 3.30. The first kappa shape index (κ1) is 20.1. The zero-order chi connectivity index (χ0) is 22.1. The van der Waals surface area contributed by atoms with Crippen molar-refractivity contribution < 1.29 is 4.52 Å². The van der Waals surface area contributed by atoms with Crippen molar-refractivity contribution in [2.24, 2.45) is 0 Å². The second-order valence-electron chi connectivity index (χ2n) is 7.31. The van der Waals surface area contributed by atoms with Crippen LogP contribution < -0.4 is 11.2 Å². The van der Waals surface area contributed by atoms with Crippen LogP contribution in [0.2, 0.25) is 0 Å². The Hall–Kier alpha value is -3.78. The van der Waals surface area contributed by atoms with Crippen molar-refractivity contribution in [1.29, 1.82) is 0 Å². The molecule has 0 saturated heterocycles. The topological polar surface area (TPSA) is 93.8 Å². The van der Waals surface area contributed by atoms with E-state index >= 15 is 0 Å². The van der Waals surface area contributed by atoms with Gasteiger partial charge in [0.25, 0.3) is 11.4 Å². The summed E-state index contributed by atoms with van der Waals surface area (Å²) in [6, 6.07) is 22.4. The molecule has 0 spiro atoms. The molecule has 0 radical (unpaired) electrons. The molecule has 0 atom stereocenters. The van der Waals surface area contributed by atoms with Crippen LogP contribution in [0.4, 0.5) is 0 Å². The second-order valence-corrected chi connectivity index (χ2v) is 8.23. The number of halogens is 1. The number of aromatic nitrogens is 4. The summed E-state index contributed by atoms with van der Waals surface area (Å²) >= 11 is 3.40. The normalized spacial score (nSPS) is 11.2. The third kappa shape index (κ3) is 3.92. The predicted molar refractivity (Wildman–Crippen MR) is 125 cm³/mol. The number of H-pyrrole nitrogens is 1. The highest BCUT2D eigenvalue weighted by Gasteiger charge is 2.14. The van der Waals surface area contributed by atoms with Crippen molar-refractivity contribution in [2.45, 2.75) is 13.0 Å². The fourth-order valence-corrected chi connectivity index (χ4v) is 3.80. The molecule has 5 rings (SSSR count). The molecular formula is C24H17BrN4O3. The fourth-order valence-electron chi connectivity index (χ4n) is 3.53. The van der Waals surface area contributed by atoms with Crippen LogP contribution in [0.3, 0.4) is 0 Å². The SMILES string of the molecule is O=c1[nH]c2cc(-c3nc(-c4ccc(Br)cc4)no3)ccc2c(=O)n1CCc1ccccc1. The molecular weight excluding hydrogens is 472 g/mol. The summed E-state index contributed by atoms with van der Waals surface area (Å²) in [5.74, 6) is 0.761. The molecule has 32 heavy (non-hydrogen) atoms. The third-order valence-corrected chi connectivity index (χ3v) is 5.75. The highest BCUT2D eigenvalue weighted by atomic mass is 79.9. The zero-order valence-corrected chi connectivity index (χ0v) is 18.4. The Morgan fingerprint density at radius 2 is 1.69 bits per heavy atom. The zero-order valence-electron chi connectivity index (χ0n) is 16.8. The second kappa shape index (κ2) is 8.39. The molecule has 7 nitrogen and oxygen atoms in total. The molecule has 5 aromatic rings. The Labute approximate surface area is 190 Å². The van der Waals surface area contributed by atoms with Crippen molar-refractivity contribution in [1.82, 2.24) is 19.7 Å². The van der Waals surface area contributed by atoms with Crippen LogP contribution in [-0.2, 0) is 13.0 Å². The maximum atomic E-state index is 12.9. The van der Waals surface area contributed by atoms with Gasteiger partial charge in [-0.1, -0.05) is 51.4 Å². The summed E-state index contributed by atoms with van der Waals surface area (Å²) in [7, 11) is 0. The van der Waals surface area contributed by atoms with Crippen molar-refractivity contribution in [3.8, 4) is 22.8 Å². The maximum Gasteiger partial charge on any atom is 0.328 e. The molecule has 1 N–H and O–H groups in total. The fraction of sp³-hybridized carbons (Fsp3) is 0.0833. The quantitative estimate of drug-likeness (QED) is 0.395. The minimum absolute atomic E-state index is 0.302. The number of hydrogen-bond donors (Lipinski definition) is 1. The summed E-state index contributed by atoms with van der Waals surface area (Å²) in [5.41, 5.74) is 2.15. The van der Waals surface area contributed by atoms with Crippen molar-refractivity contribution in [3.63, 3.8) is 0 Å². The van der Waals surface area contributed by atoms with Gasteiger partial charge in [-0.05, 0) is 54.4 Å². The largest absolute Gasteiger partial charge is 0.334 e. The lowest BCUT2D eigenvalue weighted by Gasteiger charge is -2.07. The Bertz CT molecular complexity index is 1520. The van der Waals surface area contributed by atoms with E-state index in [0.29, 0.717) is 41.1 Å². The van der Waals surface area contributed by atoms with E-state index in [1.165, 1.54) is 4.57 Å². The molecule has 0 saturated carbocycles. The van der Waals surface area contributed by atoms with Gasteiger partial charge in [0.1, 0.15) is 0 Å². The third-order valence-electron chi connectivity index (χ3n) is 5.22. The van der Waals surface area contributed by atoms with Gasteiger partial charge in [0.05, 0.1) is 10.9 Å². The summed E-state index contributed by atoms with van der Waals surface area (Å²) in [6.45, 7) is 0.302. The number of nitrogens with one attached hydrogen (secondary N) is 1. The molecule has 0 aliphatic carbocycles. The molecule has 2 heterocycles. The Morgan fingerprint density at radius 3 is 2.47 bits per heavy atom. The number of aromatic amines is 1. The van der Waals surface area contributed by atoms with Gasteiger partial charge in [0.2, 0.25) is 5.82 Å². The van der Waals surface area contributed by atoms with Crippen molar-refractivity contribution in [3.05, 3.63) is 104 Å². The number of fused-ring (bicyclic) bond motifs is 1. The van der Waals surface area contributed by atoms with Gasteiger partial charge in [-0.25, -0.2) is 4.79 Å². The summed E-state index contributed by atoms with van der Waals surface area (Å²) < 4.78 is 7.59. The molecule has 8 heteroatoms. The highest BCUT2D eigenvalue weighted by molar-refractivity contribution is 9.10. The lowest BCUT2D eigenvalue weighted by atomic mass is 10.1. The smallest absolute Gasteiger partial charge is 0.328 e. The molecule has 3 aromatic carbocycles. The molecule has 2 aromatic heterocycles. The van der Waals surface area contributed by atoms with Gasteiger partial charge in [0, 0.05) is 22.1 Å². The van der Waals surface area contributed by atoms with Crippen LogP contribution >= 0.6 is 15.9 Å². The van der Waals surface area contributed by atoms with Gasteiger partial charge in [-0.3, -0.25) is 9.36 Å². The van der Waals surface area contributed by atoms with Gasteiger partial charge < -0.3 is 9.51 Å². The first-order valence-corrected chi connectivity index (χ1v) is 10.8. The number of rotatable bonds is 5. The minimum atomic E-state index is -0.448. The van der Waals surface area contributed by atoms with Gasteiger partial charge in [-0.2, -0.15) is 4.98 Å². The van der Waals surface area contributed by atoms with Crippen LogP contribution in [0, 0.1) is 0 Å². The van der Waals surface area contributed by atoms with E-state index in [0.717, 1.165) is 15.6 Å². The van der Waals surface area contributed by atoms with Crippen molar-refractivity contribution >= 4 is 26.8 Å². The number of nitrogens with zero attached hydrogens (tertiary/aromatic N) is 3. The summed E-state index contributed by atoms with van der Waals surface area (Å²) in [6.07, 6.45) is 0.592. The first-order valence-electron chi connectivity index (χ1n) is 9.99. The molecule has 0 aliphatic heterocycles. The molecule has 0 amide bonds. The lowest BCUT2D eigenvalue weighted by molar-refractivity contribution is 0.432. The average molecular weight is 489 g/mol. The van der Waals surface area contributed by atoms with E-state index in [4.69, 9.17) is 4.52 Å². The van der Waals surface area contributed by atoms with E-state index in [9.17, 15) is 9.59 Å². The van der Waals surface area contributed by atoms with E-state index in [-0.39, 0.29) is 5.56 Å². The minimum Gasteiger partial charge on any atom is -0.334 e. The van der Waals surface area contributed by atoms with E-state index in [1.807, 2.05) is 54.6 Å². The number of benzene rings is 3. The van der Waals surface area contributed by atoms with Crippen LogP contribution in [-0.4, -0.2) is 19.7 Å². The van der Waals surface area contributed by atoms with Crippen LogP contribution in [0.1, 0.15) is 5.56 Å². The number of aryl methyl sites for hydroxylation is 1. The van der Waals surface area contributed by atoms with E-state index < -0.39 is 5.69 Å². The Kier molecular flexibility index (Phi) is 5.28. The van der Waals surface area contributed by atoms with Gasteiger partial charge >= 0.3 is 5.69 Å². The van der Waals surface area contributed by atoms with E-state index in [1.54, 1.807) is 18.2 Å². The maximum absolute atomic E-state index is 12.9. The number of hydrogen-bond acceptors (Lipinski definition) is 5. The first-order chi connectivity index (χ1) is 15.6. The van der Waals surface area contributed by atoms with Gasteiger partial charge in [0.15, 0.2) is 0 Å². The van der Waals surface area contributed by atoms with Crippen LogP contribution in [0.15, 0.2) is 91.4 Å². The monoisotopic (exact) mass is 488 g/mol. The van der Waals surface area contributed by atoms with Gasteiger partial charge in [-0.15, -0.1) is 0 Å². The van der Waals surface area contributed by atoms with Crippen LogP contribution in [0.25, 0.3) is 33.7 Å². The molecule has 0 aliphatic rings. The standard InChI is InChI=1S/C24H17BrN4O3/c25-18-9-6-16(7-10-18)21-27-22(32-28-21)17-8-11-19-20(14-17)26-24(31)29(23(19)30)13-12-15-4-2-1-3-5-15/h1-11,14H,12-13H2,(H,26,31). The van der Waals surface area contributed by atoms with Crippen LogP contribution in [0.5, 0.6) is 0 Å². The lowest BCUT2D eigenvalue weighted by Crippen LogP contribution is -2.35. The molecule has 158 valence electrons. The summed E-state index contributed by atoms with van der Waals surface area (Å²) in [5, 5.41) is 4.46.